The van der Waals surface area contributed by atoms with Gasteiger partial charge in [0.05, 0.1) is 13.2 Å². The molecule has 1 fully saturated rings. The first-order valence-corrected chi connectivity index (χ1v) is 8.56. The summed E-state index contributed by atoms with van der Waals surface area (Å²) in [5.41, 5.74) is 2.97. The number of carbonyl (C=O) groups excluding carboxylic acids is 2. The van der Waals surface area contributed by atoms with Gasteiger partial charge in [0.15, 0.2) is 0 Å². The van der Waals surface area contributed by atoms with Crippen molar-refractivity contribution in [3.05, 3.63) is 28.8 Å². The molecule has 0 radical (unpaired) electrons. The minimum atomic E-state index is -4.49. The van der Waals surface area contributed by atoms with Gasteiger partial charge in [0.25, 0.3) is 0 Å². The molecule has 0 aromatic heterocycles. The Morgan fingerprint density at radius 2 is 2.00 bits per heavy atom. The van der Waals surface area contributed by atoms with E-state index in [1.54, 1.807) is 7.11 Å². The van der Waals surface area contributed by atoms with Crippen LogP contribution in [0, 0.1) is 12.8 Å². The minimum absolute atomic E-state index is 0.112. The van der Waals surface area contributed by atoms with Crippen LogP contribution in [0.15, 0.2) is 12.1 Å². The Labute approximate surface area is 149 Å². The number of hydrogen-bond acceptors (Lipinski definition) is 3. The van der Waals surface area contributed by atoms with E-state index >= 15 is 0 Å². The van der Waals surface area contributed by atoms with E-state index in [1.165, 1.54) is 0 Å². The average Bonchev–Trinajstić information content (AvgIpc) is 2.96. The molecule has 1 aliphatic heterocycles. The second kappa shape index (κ2) is 6.81. The lowest BCUT2D eigenvalue weighted by Crippen LogP contribution is -2.54. The highest BCUT2D eigenvalue weighted by atomic mass is 19.4. The number of halogens is 3. The summed E-state index contributed by atoms with van der Waals surface area (Å²) in [7, 11) is 1.60. The summed E-state index contributed by atoms with van der Waals surface area (Å²) in [6.07, 6.45) is -3.49. The van der Waals surface area contributed by atoms with Crippen LogP contribution in [0.2, 0.25) is 0 Å². The van der Waals surface area contributed by atoms with Crippen molar-refractivity contribution in [2.45, 2.75) is 50.9 Å². The van der Waals surface area contributed by atoms with Crippen molar-refractivity contribution >= 4 is 11.8 Å². The molecule has 3 atom stereocenters. The fraction of sp³-hybridized carbons (Fsp3) is 0.556. The number of ether oxygens (including phenoxy) is 1. The van der Waals surface area contributed by atoms with Gasteiger partial charge in [0.2, 0.25) is 11.8 Å². The summed E-state index contributed by atoms with van der Waals surface area (Å²) in [4.78, 5) is 24.4. The lowest BCUT2D eigenvalue weighted by molar-refractivity contribution is -0.171. The van der Waals surface area contributed by atoms with Crippen LogP contribution in [-0.4, -0.2) is 31.1 Å². The van der Waals surface area contributed by atoms with Crippen LogP contribution in [-0.2, 0) is 16.0 Å². The highest BCUT2D eigenvalue weighted by molar-refractivity contribution is 6.01. The van der Waals surface area contributed by atoms with E-state index < -0.39 is 30.0 Å². The molecule has 1 aromatic rings. The maximum atomic E-state index is 12.7. The molecular formula is C18H21F3N2O3. The van der Waals surface area contributed by atoms with E-state index in [0.717, 1.165) is 28.9 Å². The molecule has 142 valence electrons. The maximum absolute atomic E-state index is 12.7. The second-order valence-corrected chi connectivity index (χ2v) is 6.82. The molecule has 2 amide bonds. The van der Waals surface area contributed by atoms with E-state index in [4.69, 9.17) is 4.74 Å². The minimum Gasteiger partial charge on any atom is -0.496 e. The van der Waals surface area contributed by atoms with E-state index in [1.807, 2.05) is 24.4 Å². The number of amides is 2. The Balaban J connectivity index is 1.69. The highest BCUT2D eigenvalue weighted by Gasteiger charge is 2.46. The summed E-state index contributed by atoms with van der Waals surface area (Å²) in [6, 6.07) is 1.69. The molecule has 26 heavy (non-hydrogen) atoms. The number of benzene rings is 1. The van der Waals surface area contributed by atoms with Crippen molar-refractivity contribution < 1.29 is 27.5 Å². The van der Waals surface area contributed by atoms with Gasteiger partial charge in [0.1, 0.15) is 17.7 Å². The Hall–Kier alpha value is -2.25. The summed E-state index contributed by atoms with van der Waals surface area (Å²) in [5.74, 6) is -1.69. The zero-order valence-corrected chi connectivity index (χ0v) is 14.6. The molecule has 1 aromatic carbocycles. The van der Waals surface area contributed by atoms with E-state index in [9.17, 15) is 22.8 Å². The predicted octanol–water partition coefficient (Wildman–Crippen LogP) is 2.56. The normalized spacial score (nSPS) is 25.4. The number of methoxy groups -OCH3 is 1. The molecule has 8 heteroatoms. The monoisotopic (exact) mass is 370 g/mol. The molecule has 3 rings (SSSR count). The van der Waals surface area contributed by atoms with Gasteiger partial charge in [-0.05, 0) is 49.3 Å². The van der Waals surface area contributed by atoms with E-state index in [-0.39, 0.29) is 18.9 Å². The Morgan fingerprint density at radius 3 is 2.62 bits per heavy atom. The predicted molar refractivity (Wildman–Crippen MR) is 87.6 cm³/mol. The first-order valence-electron chi connectivity index (χ1n) is 8.56. The lowest BCUT2D eigenvalue weighted by Gasteiger charge is -2.30. The van der Waals surface area contributed by atoms with Crippen molar-refractivity contribution in [3.8, 4) is 5.75 Å². The SMILES string of the molecule is COc1c(C)ccc2c1CCC2NC(=O)C1CCC(C(F)(F)F)NC1=O. The van der Waals surface area contributed by atoms with Gasteiger partial charge in [-0.1, -0.05) is 12.1 Å². The van der Waals surface area contributed by atoms with Crippen LogP contribution >= 0.6 is 0 Å². The molecular weight excluding hydrogens is 349 g/mol. The molecule has 5 nitrogen and oxygen atoms in total. The molecule has 1 aliphatic carbocycles. The number of hydrogen-bond donors (Lipinski definition) is 2. The van der Waals surface area contributed by atoms with E-state index in [2.05, 4.69) is 5.32 Å². The van der Waals surface area contributed by atoms with Gasteiger partial charge in [0, 0.05) is 0 Å². The van der Waals surface area contributed by atoms with Gasteiger partial charge in [-0.3, -0.25) is 9.59 Å². The fourth-order valence-electron chi connectivity index (χ4n) is 3.80. The fourth-order valence-corrected chi connectivity index (χ4v) is 3.80. The number of rotatable bonds is 3. The molecule has 1 saturated heterocycles. The molecule has 2 N–H and O–H groups in total. The van der Waals surface area contributed by atoms with Gasteiger partial charge >= 0.3 is 6.18 Å². The highest BCUT2D eigenvalue weighted by Crippen LogP contribution is 2.39. The quantitative estimate of drug-likeness (QED) is 0.804. The standard InChI is InChI=1S/C18H21F3N2O3/c1-9-3-4-10-11(15(9)26-2)5-7-13(10)22-16(24)12-6-8-14(18(19,20)21)23-17(12)25/h3-4,12-14H,5-8H2,1-2H3,(H,22,24)(H,23,25). The van der Waals surface area contributed by atoms with Crippen molar-refractivity contribution in [1.29, 1.82) is 0 Å². The number of nitrogens with one attached hydrogen (secondary N) is 2. The first-order chi connectivity index (χ1) is 12.2. The molecule has 0 spiro atoms. The number of fused-ring (bicyclic) bond motifs is 1. The topological polar surface area (TPSA) is 67.4 Å². The second-order valence-electron chi connectivity index (χ2n) is 6.82. The zero-order valence-electron chi connectivity index (χ0n) is 14.6. The third kappa shape index (κ3) is 3.37. The summed E-state index contributed by atoms with van der Waals surface area (Å²) >= 11 is 0. The molecule has 0 bridgehead atoms. The Bertz CT molecular complexity index is 733. The molecule has 2 aliphatic rings. The first kappa shape index (κ1) is 18.5. The average molecular weight is 370 g/mol. The number of piperidine rings is 1. The van der Waals surface area contributed by atoms with Crippen molar-refractivity contribution in [1.82, 2.24) is 10.6 Å². The summed E-state index contributed by atoms with van der Waals surface area (Å²) < 4.78 is 43.6. The molecule has 1 heterocycles. The maximum Gasteiger partial charge on any atom is 0.408 e. The van der Waals surface area contributed by atoms with Crippen molar-refractivity contribution in [2.75, 3.05) is 7.11 Å². The number of aryl methyl sites for hydroxylation is 1. The smallest absolute Gasteiger partial charge is 0.408 e. The van der Waals surface area contributed by atoms with Gasteiger partial charge in [-0.25, -0.2) is 0 Å². The van der Waals surface area contributed by atoms with Crippen LogP contribution in [0.1, 0.15) is 42.0 Å². The molecule has 3 unspecified atom stereocenters. The number of carbonyl (C=O) groups is 2. The summed E-state index contributed by atoms with van der Waals surface area (Å²) in [5, 5.41) is 4.74. The van der Waals surface area contributed by atoms with Crippen molar-refractivity contribution in [2.24, 2.45) is 5.92 Å². The summed E-state index contributed by atoms with van der Waals surface area (Å²) in [6.45, 7) is 1.94. The molecule has 0 saturated carbocycles. The Morgan fingerprint density at radius 1 is 1.27 bits per heavy atom. The van der Waals surface area contributed by atoms with Crippen LogP contribution < -0.4 is 15.4 Å². The third-order valence-electron chi connectivity index (χ3n) is 5.16. The van der Waals surface area contributed by atoms with Gasteiger partial charge in [-0.15, -0.1) is 0 Å². The van der Waals surface area contributed by atoms with Gasteiger partial charge < -0.3 is 15.4 Å². The Kier molecular flexibility index (Phi) is 4.86. The van der Waals surface area contributed by atoms with Crippen LogP contribution in [0.5, 0.6) is 5.75 Å². The van der Waals surface area contributed by atoms with Crippen LogP contribution in [0.3, 0.4) is 0 Å². The largest absolute Gasteiger partial charge is 0.496 e. The third-order valence-corrected chi connectivity index (χ3v) is 5.16. The van der Waals surface area contributed by atoms with Crippen molar-refractivity contribution in [3.63, 3.8) is 0 Å². The van der Waals surface area contributed by atoms with Gasteiger partial charge in [-0.2, -0.15) is 13.2 Å². The van der Waals surface area contributed by atoms with Crippen LogP contribution in [0.4, 0.5) is 13.2 Å². The number of alkyl halides is 3. The zero-order chi connectivity index (χ0) is 19.1. The van der Waals surface area contributed by atoms with Crippen LogP contribution in [0.25, 0.3) is 0 Å². The van der Waals surface area contributed by atoms with E-state index in [0.29, 0.717) is 6.42 Å². The lowest BCUT2D eigenvalue weighted by atomic mass is 9.92.